The van der Waals surface area contributed by atoms with Gasteiger partial charge >= 0.3 is 0 Å². The summed E-state index contributed by atoms with van der Waals surface area (Å²) in [5.74, 6) is 0.903. The summed E-state index contributed by atoms with van der Waals surface area (Å²) in [5, 5.41) is 2.86. The van der Waals surface area contributed by atoms with Crippen molar-refractivity contribution in [3.8, 4) is 0 Å². The highest BCUT2D eigenvalue weighted by molar-refractivity contribution is 7.90. The van der Waals surface area contributed by atoms with E-state index in [1.165, 1.54) is 6.26 Å². The van der Waals surface area contributed by atoms with Crippen molar-refractivity contribution in [2.45, 2.75) is 46.1 Å². The molecule has 7 heteroatoms. The maximum atomic E-state index is 12.2. The summed E-state index contributed by atoms with van der Waals surface area (Å²) in [6, 6.07) is 5.58. The van der Waals surface area contributed by atoms with Crippen molar-refractivity contribution >= 4 is 26.8 Å². The Morgan fingerprint density at radius 2 is 2.04 bits per heavy atom. The van der Waals surface area contributed by atoms with E-state index in [4.69, 9.17) is 0 Å². The fourth-order valence-corrected chi connectivity index (χ4v) is 3.93. The predicted molar refractivity (Wildman–Crippen MR) is 100 cm³/mol. The number of aromatic amines is 1. The number of carbonyl (C=O) groups excluding carboxylic acids is 1. The number of aromatic nitrogens is 2. The number of benzene rings is 1. The number of amides is 1. The first kappa shape index (κ1) is 19.4. The number of sulfone groups is 1. The monoisotopic (exact) mass is 365 g/mol. The number of imidazole rings is 1. The molecule has 0 fully saturated rings. The third-order valence-corrected chi connectivity index (χ3v) is 4.99. The van der Waals surface area contributed by atoms with Crippen LogP contribution in [0.1, 0.15) is 38.1 Å². The number of carbonyl (C=O) groups is 1. The number of rotatable bonds is 8. The Labute approximate surface area is 149 Å². The van der Waals surface area contributed by atoms with E-state index in [1.807, 2.05) is 39.0 Å². The molecule has 1 amide bonds. The Kier molecular flexibility index (Phi) is 6.21. The second kappa shape index (κ2) is 7.99. The van der Waals surface area contributed by atoms with Gasteiger partial charge in [0.05, 0.1) is 16.8 Å². The number of nitrogens with one attached hydrogen (secondary N) is 2. The molecule has 0 saturated carbocycles. The largest absolute Gasteiger partial charge is 0.352 e. The molecule has 1 heterocycles. The molecule has 0 unspecified atom stereocenters. The number of nitrogens with zero attached hydrogens (tertiary/aromatic N) is 1. The highest BCUT2D eigenvalue weighted by atomic mass is 32.2. The van der Waals surface area contributed by atoms with Gasteiger partial charge in [-0.2, -0.15) is 0 Å². The van der Waals surface area contributed by atoms with Gasteiger partial charge in [0.25, 0.3) is 0 Å². The van der Waals surface area contributed by atoms with Gasteiger partial charge in [0.15, 0.2) is 0 Å². The summed E-state index contributed by atoms with van der Waals surface area (Å²) < 4.78 is 23.1. The van der Waals surface area contributed by atoms with Crippen LogP contribution in [-0.4, -0.2) is 42.3 Å². The van der Waals surface area contributed by atoms with Gasteiger partial charge in [-0.15, -0.1) is 0 Å². The third-order valence-electron chi connectivity index (χ3n) is 3.98. The van der Waals surface area contributed by atoms with Crippen molar-refractivity contribution in [1.29, 1.82) is 0 Å². The van der Waals surface area contributed by atoms with Crippen LogP contribution in [0, 0.1) is 12.8 Å². The van der Waals surface area contributed by atoms with Crippen molar-refractivity contribution in [2.24, 2.45) is 5.92 Å². The molecule has 25 heavy (non-hydrogen) atoms. The van der Waals surface area contributed by atoms with Gasteiger partial charge in [0.2, 0.25) is 5.91 Å². The van der Waals surface area contributed by atoms with Crippen molar-refractivity contribution < 1.29 is 13.2 Å². The first-order valence-electron chi connectivity index (χ1n) is 8.55. The Morgan fingerprint density at radius 3 is 2.64 bits per heavy atom. The number of hydrogen-bond donors (Lipinski definition) is 2. The van der Waals surface area contributed by atoms with Crippen LogP contribution >= 0.6 is 0 Å². The Morgan fingerprint density at radius 1 is 1.32 bits per heavy atom. The highest BCUT2D eigenvalue weighted by Gasteiger charge is 2.19. The van der Waals surface area contributed by atoms with Gasteiger partial charge in [-0.05, 0) is 30.9 Å². The molecule has 2 aromatic rings. The lowest BCUT2D eigenvalue weighted by Gasteiger charge is -2.19. The second-order valence-corrected chi connectivity index (χ2v) is 9.33. The van der Waals surface area contributed by atoms with Gasteiger partial charge in [-0.3, -0.25) is 4.79 Å². The average molecular weight is 365 g/mol. The number of aryl methyl sites for hydroxylation is 2. The topological polar surface area (TPSA) is 91.9 Å². The maximum Gasteiger partial charge on any atom is 0.220 e. The first-order chi connectivity index (χ1) is 11.6. The molecule has 0 aliphatic heterocycles. The highest BCUT2D eigenvalue weighted by Crippen LogP contribution is 2.16. The minimum atomic E-state index is -3.14. The summed E-state index contributed by atoms with van der Waals surface area (Å²) >= 11 is 0. The molecule has 0 aliphatic rings. The molecule has 6 nitrogen and oxygen atoms in total. The van der Waals surface area contributed by atoms with Crippen LogP contribution in [0.15, 0.2) is 18.2 Å². The van der Waals surface area contributed by atoms with Crippen LogP contribution in [0.2, 0.25) is 0 Å². The first-order valence-corrected chi connectivity index (χ1v) is 10.6. The van der Waals surface area contributed by atoms with E-state index >= 15 is 0 Å². The summed E-state index contributed by atoms with van der Waals surface area (Å²) in [5.41, 5.74) is 2.98. The molecule has 138 valence electrons. The molecule has 0 radical (unpaired) electrons. The molecular formula is C18H27N3O3S. The molecule has 2 rings (SSSR count). The SMILES string of the molecule is Cc1cccc2[nH]c(CCC(=O)N[C@H](CC(C)C)CS(C)(=O)=O)nc12. The molecule has 1 aromatic heterocycles. The minimum absolute atomic E-state index is 0.0270. The zero-order valence-electron chi connectivity index (χ0n) is 15.3. The van der Waals surface area contributed by atoms with Crippen molar-refractivity contribution in [1.82, 2.24) is 15.3 Å². The molecule has 0 aliphatic carbocycles. The van der Waals surface area contributed by atoms with E-state index in [2.05, 4.69) is 15.3 Å². The van der Waals surface area contributed by atoms with Crippen molar-refractivity contribution in [3.63, 3.8) is 0 Å². The van der Waals surface area contributed by atoms with Gasteiger partial charge in [-0.1, -0.05) is 26.0 Å². The standard InChI is InChI=1S/C18H27N3O3S/c1-12(2)10-14(11-25(4,23)24)19-17(22)9-8-16-20-15-7-5-6-13(3)18(15)21-16/h5-7,12,14H,8-11H2,1-4H3,(H,19,22)(H,20,21)/t14-/m1/s1. The van der Waals surface area contributed by atoms with Crippen LogP contribution in [0.5, 0.6) is 0 Å². The summed E-state index contributed by atoms with van der Waals surface area (Å²) in [4.78, 5) is 20.0. The minimum Gasteiger partial charge on any atom is -0.352 e. The predicted octanol–water partition coefficient (Wildman–Crippen LogP) is 2.38. The Bertz CT molecular complexity index is 840. The summed E-state index contributed by atoms with van der Waals surface area (Å²) in [6.45, 7) is 6.03. The molecule has 1 aromatic carbocycles. The van der Waals surface area contributed by atoms with Crippen LogP contribution in [0.25, 0.3) is 11.0 Å². The van der Waals surface area contributed by atoms with Crippen LogP contribution in [0.4, 0.5) is 0 Å². The van der Waals surface area contributed by atoms with Crippen molar-refractivity contribution in [3.05, 3.63) is 29.6 Å². The van der Waals surface area contributed by atoms with Gasteiger partial charge in [0.1, 0.15) is 15.7 Å². The van der Waals surface area contributed by atoms with Gasteiger partial charge in [-0.25, -0.2) is 13.4 Å². The lowest BCUT2D eigenvalue weighted by Crippen LogP contribution is -2.40. The average Bonchev–Trinajstić information content (AvgIpc) is 2.87. The Balaban J connectivity index is 1.96. The lowest BCUT2D eigenvalue weighted by atomic mass is 10.0. The number of H-pyrrole nitrogens is 1. The molecule has 1 atom stereocenters. The van der Waals surface area contributed by atoms with E-state index < -0.39 is 9.84 Å². The van der Waals surface area contributed by atoms with E-state index in [1.54, 1.807) is 0 Å². The Hall–Kier alpha value is -1.89. The number of fused-ring (bicyclic) bond motifs is 1. The fourth-order valence-electron chi connectivity index (χ4n) is 2.98. The fraction of sp³-hybridized carbons (Fsp3) is 0.556. The van der Waals surface area contributed by atoms with E-state index in [0.717, 1.165) is 22.4 Å². The summed E-state index contributed by atoms with van der Waals surface area (Å²) in [7, 11) is -3.14. The summed E-state index contributed by atoms with van der Waals surface area (Å²) in [6.07, 6.45) is 2.61. The van der Waals surface area contributed by atoms with E-state index in [0.29, 0.717) is 18.8 Å². The lowest BCUT2D eigenvalue weighted by molar-refractivity contribution is -0.121. The normalized spacial score (nSPS) is 13.3. The third kappa shape index (κ3) is 6.16. The van der Waals surface area contributed by atoms with E-state index in [9.17, 15) is 13.2 Å². The van der Waals surface area contributed by atoms with Crippen LogP contribution in [0.3, 0.4) is 0 Å². The molecular weight excluding hydrogens is 338 g/mol. The van der Waals surface area contributed by atoms with Crippen LogP contribution < -0.4 is 5.32 Å². The second-order valence-electron chi connectivity index (χ2n) is 7.14. The zero-order valence-corrected chi connectivity index (χ0v) is 16.1. The van der Waals surface area contributed by atoms with Crippen molar-refractivity contribution in [2.75, 3.05) is 12.0 Å². The number of hydrogen-bond acceptors (Lipinski definition) is 4. The zero-order chi connectivity index (χ0) is 18.6. The molecule has 2 N–H and O–H groups in total. The van der Waals surface area contributed by atoms with Gasteiger partial charge < -0.3 is 10.3 Å². The van der Waals surface area contributed by atoms with Crippen LogP contribution in [-0.2, 0) is 21.1 Å². The maximum absolute atomic E-state index is 12.2. The molecule has 0 saturated heterocycles. The van der Waals surface area contributed by atoms with E-state index in [-0.39, 0.29) is 24.1 Å². The molecule has 0 spiro atoms. The smallest absolute Gasteiger partial charge is 0.220 e. The number of para-hydroxylation sites is 1. The quantitative estimate of drug-likeness (QED) is 0.751. The molecule has 0 bridgehead atoms. The van der Waals surface area contributed by atoms with Gasteiger partial charge in [0, 0.05) is 25.1 Å².